The highest BCUT2D eigenvalue weighted by atomic mass is 79.9. The van der Waals surface area contributed by atoms with Crippen LogP contribution in [0.1, 0.15) is 25.0 Å². The maximum absolute atomic E-state index is 10.1. The average Bonchev–Trinajstić information content (AvgIpc) is 2.41. The van der Waals surface area contributed by atoms with E-state index >= 15 is 0 Å². The Kier molecular flexibility index (Phi) is 5.13. The van der Waals surface area contributed by atoms with Crippen LogP contribution in [-0.4, -0.2) is 10.2 Å². The van der Waals surface area contributed by atoms with Gasteiger partial charge in [-0.1, -0.05) is 26.0 Å². The molecule has 2 rings (SSSR count). The van der Waals surface area contributed by atoms with E-state index in [4.69, 9.17) is 0 Å². The van der Waals surface area contributed by atoms with Crippen molar-refractivity contribution in [3.8, 4) is 11.5 Å². The Morgan fingerprint density at radius 1 is 0.714 bits per heavy atom. The molecule has 0 bridgehead atoms. The number of hydrogen-bond donors (Lipinski definition) is 2. The molecule has 0 radical (unpaired) electrons. The minimum Gasteiger partial charge on any atom is -0.506 e. The van der Waals surface area contributed by atoms with Crippen LogP contribution in [0.3, 0.4) is 0 Å². The maximum atomic E-state index is 10.1. The lowest BCUT2D eigenvalue weighted by Crippen LogP contribution is -2.20. The summed E-state index contributed by atoms with van der Waals surface area (Å²) in [7, 11) is 0. The molecule has 0 saturated carbocycles. The SMILES string of the molecule is CC(C)(c1ccc(Br)c(O)c1Br)c1ccc(Br)c(O)c1Br. The molecule has 0 fully saturated rings. The Bertz CT molecular complexity index is 652. The van der Waals surface area contributed by atoms with Gasteiger partial charge in [0.15, 0.2) is 0 Å². The standard InChI is InChI=1S/C15H12Br4O2/c1-15(2,7-3-5-9(16)13(20)11(7)18)8-4-6-10(17)14(21)12(8)19/h3-6,20-21H,1-2H3. The average molecular weight is 544 g/mol. The summed E-state index contributed by atoms with van der Waals surface area (Å²) in [5, 5.41) is 20.2. The van der Waals surface area contributed by atoms with Crippen molar-refractivity contribution in [2.45, 2.75) is 19.3 Å². The first-order chi connectivity index (χ1) is 9.67. The second-order valence-corrected chi connectivity index (χ2v) is 8.43. The Morgan fingerprint density at radius 3 is 1.38 bits per heavy atom. The second kappa shape index (κ2) is 6.22. The largest absolute Gasteiger partial charge is 0.506 e. The van der Waals surface area contributed by atoms with Crippen molar-refractivity contribution in [3.63, 3.8) is 0 Å². The number of aromatic hydroxyl groups is 2. The fourth-order valence-corrected chi connectivity index (χ4v) is 5.07. The molecule has 112 valence electrons. The van der Waals surface area contributed by atoms with E-state index in [9.17, 15) is 10.2 Å². The van der Waals surface area contributed by atoms with E-state index < -0.39 is 5.41 Å². The molecule has 2 aromatic rings. The van der Waals surface area contributed by atoms with Crippen molar-refractivity contribution in [3.05, 3.63) is 53.3 Å². The Morgan fingerprint density at radius 2 is 1.05 bits per heavy atom. The highest BCUT2D eigenvalue weighted by molar-refractivity contribution is 9.11. The van der Waals surface area contributed by atoms with E-state index in [-0.39, 0.29) is 11.5 Å². The van der Waals surface area contributed by atoms with E-state index in [1.165, 1.54) is 0 Å². The molecular formula is C15H12Br4O2. The number of halogens is 4. The summed E-state index contributed by atoms with van der Waals surface area (Å²) in [4.78, 5) is 0. The molecule has 0 amide bonds. The smallest absolute Gasteiger partial charge is 0.144 e. The van der Waals surface area contributed by atoms with Gasteiger partial charge in [-0.3, -0.25) is 0 Å². The molecule has 6 heteroatoms. The quantitative estimate of drug-likeness (QED) is 0.456. The van der Waals surface area contributed by atoms with Gasteiger partial charge in [0, 0.05) is 5.41 Å². The monoisotopic (exact) mass is 540 g/mol. The summed E-state index contributed by atoms with van der Waals surface area (Å²) in [5.41, 5.74) is 1.42. The molecule has 0 saturated heterocycles. The predicted octanol–water partition coefficient (Wildman–Crippen LogP) is 6.47. The number of phenols is 2. The van der Waals surface area contributed by atoms with Gasteiger partial charge in [-0.15, -0.1) is 0 Å². The topological polar surface area (TPSA) is 40.5 Å². The van der Waals surface area contributed by atoms with Gasteiger partial charge in [0.2, 0.25) is 0 Å². The summed E-state index contributed by atoms with van der Waals surface area (Å²) in [6.07, 6.45) is 0. The van der Waals surface area contributed by atoms with Crippen LogP contribution >= 0.6 is 63.7 Å². The molecule has 0 aliphatic heterocycles. The molecule has 0 aliphatic carbocycles. The second-order valence-electron chi connectivity index (χ2n) is 5.14. The van der Waals surface area contributed by atoms with Gasteiger partial charge in [-0.25, -0.2) is 0 Å². The molecule has 2 N–H and O–H groups in total. The molecule has 0 spiro atoms. The van der Waals surface area contributed by atoms with Crippen molar-refractivity contribution in [1.82, 2.24) is 0 Å². The summed E-state index contributed by atoms with van der Waals surface area (Å²) >= 11 is 13.5. The van der Waals surface area contributed by atoms with Gasteiger partial charge in [-0.2, -0.15) is 0 Å². The van der Waals surface area contributed by atoms with Crippen molar-refractivity contribution in [1.29, 1.82) is 0 Å². The first kappa shape index (κ1) is 17.3. The van der Waals surface area contributed by atoms with Crippen LogP contribution in [0, 0.1) is 0 Å². The normalized spacial score (nSPS) is 11.7. The van der Waals surface area contributed by atoms with Crippen LogP contribution in [0.25, 0.3) is 0 Å². The predicted molar refractivity (Wildman–Crippen MR) is 99.1 cm³/mol. The Hall–Kier alpha value is -0.0400. The van der Waals surface area contributed by atoms with Gasteiger partial charge in [0.25, 0.3) is 0 Å². The minimum absolute atomic E-state index is 0.165. The third kappa shape index (κ3) is 3.05. The van der Waals surface area contributed by atoms with Gasteiger partial charge >= 0.3 is 0 Å². The van der Waals surface area contributed by atoms with E-state index in [2.05, 4.69) is 63.7 Å². The van der Waals surface area contributed by atoms with E-state index in [1.54, 1.807) is 0 Å². The molecule has 2 aromatic carbocycles. The number of phenolic OH excluding ortho intramolecular Hbond substituents is 2. The highest BCUT2D eigenvalue weighted by Crippen LogP contribution is 2.47. The van der Waals surface area contributed by atoms with Crippen LogP contribution in [0.15, 0.2) is 42.2 Å². The zero-order valence-electron chi connectivity index (χ0n) is 11.2. The fourth-order valence-electron chi connectivity index (χ4n) is 2.19. The van der Waals surface area contributed by atoms with Crippen molar-refractivity contribution >= 4 is 63.7 Å². The first-order valence-electron chi connectivity index (χ1n) is 6.02. The summed E-state index contributed by atoms with van der Waals surface area (Å²) in [6, 6.07) is 7.51. The van der Waals surface area contributed by atoms with Crippen LogP contribution in [0.4, 0.5) is 0 Å². The highest BCUT2D eigenvalue weighted by Gasteiger charge is 2.30. The van der Waals surface area contributed by atoms with Gasteiger partial charge in [0.05, 0.1) is 17.9 Å². The first-order valence-corrected chi connectivity index (χ1v) is 9.20. The number of hydrogen-bond acceptors (Lipinski definition) is 2. The Balaban J connectivity index is 2.68. The lowest BCUT2D eigenvalue weighted by Gasteiger charge is -2.29. The lowest BCUT2D eigenvalue weighted by molar-refractivity contribution is 0.461. The fraction of sp³-hybridized carbons (Fsp3) is 0.200. The molecule has 2 nitrogen and oxygen atoms in total. The van der Waals surface area contributed by atoms with Gasteiger partial charge in [-0.05, 0) is 87.0 Å². The molecule has 21 heavy (non-hydrogen) atoms. The van der Waals surface area contributed by atoms with Crippen molar-refractivity contribution < 1.29 is 10.2 Å². The third-order valence-electron chi connectivity index (χ3n) is 3.48. The molecular weight excluding hydrogens is 532 g/mol. The van der Waals surface area contributed by atoms with Crippen LogP contribution in [0.2, 0.25) is 0 Å². The van der Waals surface area contributed by atoms with Gasteiger partial charge < -0.3 is 10.2 Å². The maximum Gasteiger partial charge on any atom is 0.144 e. The molecule has 0 atom stereocenters. The zero-order chi connectivity index (χ0) is 15.9. The van der Waals surface area contributed by atoms with Gasteiger partial charge in [0.1, 0.15) is 11.5 Å². The zero-order valence-corrected chi connectivity index (χ0v) is 17.6. The van der Waals surface area contributed by atoms with Crippen LogP contribution in [-0.2, 0) is 5.41 Å². The molecule has 0 heterocycles. The Labute approximate surface area is 157 Å². The summed E-state index contributed by atoms with van der Waals surface area (Å²) in [6.45, 7) is 4.07. The number of benzene rings is 2. The van der Waals surface area contributed by atoms with E-state index in [0.717, 1.165) is 11.1 Å². The van der Waals surface area contributed by atoms with Crippen molar-refractivity contribution in [2.24, 2.45) is 0 Å². The minimum atomic E-state index is -0.423. The van der Waals surface area contributed by atoms with Crippen LogP contribution in [0.5, 0.6) is 11.5 Å². The molecule has 0 aliphatic rings. The molecule has 0 unspecified atom stereocenters. The lowest BCUT2D eigenvalue weighted by atomic mass is 9.78. The van der Waals surface area contributed by atoms with Crippen LogP contribution < -0.4 is 0 Å². The van der Waals surface area contributed by atoms with Crippen molar-refractivity contribution in [2.75, 3.05) is 0 Å². The molecule has 0 aromatic heterocycles. The van der Waals surface area contributed by atoms with E-state index in [1.807, 2.05) is 38.1 Å². The number of rotatable bonds is 2. The third-order valence-corrected chi connectivity index (χ3v) is 6.37. The summed E-state index contributed by atoms with van der Waals surface area (Å²) in [5.74, 6) is 0.330. The van der Waals surface area contributed by atoms with E-state index in [0.29, 0.717) is 17.9 Å². The summed E-state index contributed by atoms with van der Waals surface area (Å²) < 4.78 is 2.53.